The van der Waals surface area contributed by atoms with Gasteiger partial charge in [-0.3, -0.25) is 9.79 Å². The Balaban J connectivity index is 4.42. The third-order valence-electron chi connectivity index (χ3n) is 5.44. The Morgan fingerprint density at radius 2 is 1.29 bits per heavy atom. The van der Waals surface area contributed by atoms with Gasteiger partial charge in [0.05, 0.1) is 6.04 Å². The van der Waals surface area contributed by atoms with Crippen LogP contribution in [0.25, 0.3) is 0 Å². The second kappa shape index (κ2) is 19.2. The van der Waals surface area contributed by atoms with Crippen LogP contribution in [0.5, 0.6) is 0 Å². The fourth-order valence-corrected chi connectivity index (χ4v) is 3.67. The molecular weight excluding hydrogens is 348 g/mol. The molecule has 0 heterocycles. The van der Waals surface area contributed by atoms with Crippen molar-refractivity contribution < 1.29 is 4.79 Å². The highest BCUT2D eigenvalue weighted by Crippen LogP contribution is 2.15. The number of hydrogen-bond donors (Lipinski definition) is 3. The van der Waals surface area contributed by atoms with E-state index in [1.54, 1.807) is 6.92 Å². The lowest BCUT2D eigenvalue weighted by molar-refractivity contribution is -0.119. The number of nitrogens with one attached hydrogen (secondary N) is 1. The highest BCUT2D eigenvalue weighted by molar-refractivity contribution is 5.81. The number of aliphatic imine (C=N–C) groups is 1. The monoisotopic (exact) mass is 396 g/mol. The molecule has 0 aliphatic carbocycles. The van der Waals surface area contributed by atoms with Crippen LogP contribution in [-0.2, 0) is 4.79 Å². The van der Waals surface area contributed by atoms with Crippen LogP contribution in [0.3, 0.4) is 0 Å². The topological polar surface area (TPSA) is 93.5 Å². The molecule has 0 saturated carbocycles. The average molecular weight is 397 g/mol. The molecule has 0 aliphatic rings. The number of ketones is 1. The molecule has 0 rings (SSSR count). The van der Waals surface area contributed by atoms with Gasteiger partial charge in [-0.15, -0.1) is 0 Å². The van der Waals surface area contributed by atoms with Gasteiger partial charge in [-0.1, -0.05) is 84.5 Å². The summed E-state index contributed by atoms with van der Waals surface area (Å²) in [5.41, 5.74) is 10.8. The van der Waals surface area contributed by atoms with Crippen molar-refractivity contribution in [2.45, 2.75) is 129 Å². The second-order valence-electron chi connectivity index (χ2n) is 8.23. The zero-order valence-electron chi connectivity index (χ0n) is 19.0. The molecule has 0 bridgehead atoms. The van der Waals surface area contributed by atoms with Crippen LogP contribution in [0.2, 0.25) is 0 Å². The van der Waals surface area contributed by atoms with Crippen LogP contribution >= 0.6 is 0 Å². The van der Waals surface area contributed by atoms with E-state index in [0.717, 1.165) is 12.8 Å². The van der Waals surface area contributed by atoms with Crippen molar-refractivity contribution >= 4 is 11.7 Å². The van der Waals surface area contributed by atoms with Gasteiger partial charge in [0.1, 0.15) is 5.78 Å². The zero-order valence-corrected chi connectivity index (χ0v) is 19.0. The first-order chi connectivity index (χ1) is 13.5. The maximum atomic E-state index is 12.1. The number of rotatable bonds is 20. The normalized spacial score (nSPS) is 13.2. The summed E-state index contributed by atoms with van der Waals surface area (Å²) in [6.07, 6.45) is 18.4. The molecule has 0 aliphatic heterocycles. The van der Waals surface area contributed by atoms with Crippen molar-refractivity contribution in [3.05, 3.63) is 0 Å². The van der Waals surface area contributed by atoms with Gasteiger partial charge in [0.2, 0.25) is 0 Å². The first-order valence-corrected chi connectivity index (χ1v) is 11.8. The van der Waals surface area contributed by atoms with Crippen LogP contribution in [-0.4, -0.2) is 30.4 Å². The van der Waals surface area contributed by atoms with Crippen molar-refractivity contribution in [2.24, 2.45) is 16.5 Å². The van der Waals surface area contributed by atoms with Gasteiger partial charge in [0.25, 0.3) is 0 Å². The molecule has 166 valence electrons. The van der Waals surface area contributed by atoms with Gasteiger partial charge in [-0.25, -0.2) is 0 Å². The van der Waals surface area contributed by atoms with E-state index in [2.05, 4.69) is 24.2 Å². The Hall–Kier alpha value is -1.10. The van der Waals surface area contributed by atoms with Crippen LogP contribution in [0, 0.1) is 0 Å². The summed E-state index contributed by atoms with van der Waals surface area (Å²) in [5, 5.41) is 3.67. The Morgan fingerprint density at radius 1 is 0.786 bits per heavy atom. The fourth-order valence-electron chi connectivity index (χ4n) is 3.67. The molecule has 2 atom stereocenters. The molecule has 28 heavy (non-hydrogen) atoms. The van der Waals surface area contributed by atoms with E-state index in [4.69, 9.17) is 11.5 Å². The fraction of sp³-hybridized carbons (Fsp3) is 0.913. The number of unbranched alkanes of at least 4 members (excludes halogenated alkanes) is 9. The van der Waals surface area contributed by atoms with Crippen molar-refractivity contribution in [3.63, 3.8) is 0 Å². The van der Waals surface area contributed by atoms with Gasteiger partial charge in [0, 0.05) is 12.6 Å². The molecule has 0 aromatic rings. The van der Waals surface area contributed by atoms with E-state index in [-0.39, 0.29) is 17.8 Å². The molecule has 5 heteroatoms. The van der Waals surface area contributed by atoms with E-state index >= 15 is 0 Å². The molecule has 5 N–H and O–H groups in total. The number of nitrogens with zero attached hydrogens (tertiary/aromatic N) is 1. The molecule has 0 radical (unpaired) electrons. The molecule has 0 spiro atoms. The van der Waals surface area contributed by atoms with Crippen LogP contribution < -0.4 is 16.8 Å². The minimum atomic E-state index is -0.0741. The molecule has 5 nitrogen and oxygen atoms in total. The van der Waals surface area contributed by atoms with E-state index in [0.29, 0.717) is 12.6 Å². The molecule has 0 aromatic heterocycles. The van der Waals surface area contributed by atoms with Gasteiger partial charge in [0.15, 0.2) is 5.96 Å². The lowest BCUT2D eigenvalue weighted by atomic mass is 9.98. The van der Waals surface area contributed by atoms with Crippen molar-refractivity contribution in [1.29, 1.82) is 0 Å². The van der Waals surface area contributed by atoms with E-state index < -0.39 is 0 Å². The summed E-state index contributed by atoms with van der Waals surface area (Å²) in [6.45, 7) is 6.80. The number of hydrogen-bond acceptors (Lipinski definition) is 3. The predicted octanol–water partition coefficient (Wildman–Crippen LogP) is 5.07. The minimum absolute atomic E-state index is 0.0741. The number of carbonyl (C=O) groups is 1. The highest BCUT2D eigenvalue weighted by atomic mass is 16.1. The summed E-state index contributed by atoms with van der Waals surface area (Å²) < 4.78 is 0. The first-order valence-electron chi connectivity index (χ1n) is 11.8. The van der Waals surface area contributed by atoms with E-state index in [9.17, 15) is 4.79 Å². The molecule has 2 unspecified atom stereocenters. The SMILES string of the molecule is CCCCCCCCC(CCCCCCC)NC(CCCN=C(N)N)C(C)=O. The minimum Gasteiger partial charge on any atom is -0.370 e. The number of Topliss-reactive ketones (excluding diaryl/α,β-unsaturated/α-hetero) is 1. The van der Waals surface area contributed by atoms with Gasteiger partial charge < -0.3 is 16.8 Å². The molecule has 0 aromatic carbocycles. The highest BCUT2D eigenvalue weighted by Gasteiger charge is 2.18. The Morgan fingerprint density at radius 3 is 1.75 bits per heavy atom. The first kappa shape index (κ1) is 26.9. The zero-order chi connectivity index (χ0) is 21.0. The maximum Gasteiger partial charge on any atom is 0.185 e. The Bertz CT molecular complexity index is 394. The molecule has 0 amide bonds. The lowest BCUT2D eigenvalue weighted by Crippen LogP contribution is -2.42. The Labute approximate surface area is 174 Å². The number of nitrogens with two attached hydrogens (primary N) is 2. The second-order valence-corrected chi connectivity index (χ2v) is 8.23. The average Bonchev–Trinajstić information content (AvgIpc) is 2.65. The Kier molecular flexibility index (Phi) is 18.5. The summed E-state index contributed by atoms with van der Waals surface area (Å²) >= 11 is 0. The number of carbonyl (C=O) groups excluding carboxylic acids is 1. The van der Waals surface area contributed by atoms with Crippen molar-refractivity contribution in [2.75, 3.05) is 6.54 Å². The van der Waals surface area contributed by atoms with Crippen molar-refractivity contribution in [1.82, 2.24) is 5.32 Å². The van der Waals surface area contributed by atoms with Gasteiger partial charge in [-0.05, 0) is 32.6 Å². The third kappa shape index (κ3) is 17.0. The molecule has 0 fully saturated rings. The largest absolute Gasteiger partial charge is 0.370 e. The van der Waals surface area contributed by atoms with E-state index in [1.807, 2.05) is 0 Å². The van der Waals surface area contributed by atoms with Gasteiger partial charge >= 0.3 is 0 Å². The summed E-state index contributed by atoms with van der Waals surface area (Å²) in [6, 6.07) is 0.375. The predicted molar refractivity (Wildman–Crippen MR) is 123 cm³/mol. The quantitative estimate of drug-likeness (QED) is 0.152. The van der Waals surface area contributed by atoms with Crippen LogP contribution in [0.1, 0.15) is 117 Å². The molecular formula is C23H48N4O. The van der Waals surface area contributed by atoms with Crippen LogP contribution in [0.4, 0.5) is 0 Å². The van der Waals surface area contributed by atoms with E-state index in [1.165, 1.54) is 83.5 Å². The maximum absolute atomic E-state index is 12.1. The number of guanidine groups is 1. The third-order valence-corrected chi connectivity index (χ3v) is 5.44. The van der Waals surface area contributed by atoms with Crippen LogP contribution in [0.15, 0.2) is 4.99 Å². The summed E-state index contributed by atoms with van der Waals surface area (Å²) in [7, 11) is 0. The standard InChI is InChI=1S/C23H48N4O/c1-4-6-8-10-12-14-17-21(16-13-11-9-7-5-2)27-22(20(3)28)18-15-19-26-23(24)25/h21-22,27H,4-19H2,1-3H3,(H4,24,25,26). The van der Waals surface area contributed by atoms with Gasteiger partial charge in [-0.2, -0.15) is 0 Å². The summed E-state index contributed by atoms with van der Waals surface area (Å²) in [5.74, 6) is 0.351. The molecule has 0 saturated heterocycles. The van der Waals surface area contributed by atoms with Crippen molar-refractivity contribution in [3.8, 4) is 0 Å². The smallest absolute Gasteiger partial charge is 0.185 e. The lowest BCUT2D eigenvalue weighted by Gasteiger charge is -2.24. The summed E-state index contributed by atoms with van der Waals surface area (Å²) in [4.78, 5) is 16.2.